The Morgan fingerprint density at radius 2 is 1.50 bits per heavy atom. The first kappa shape index (κ1) is 28.6. The van der Waals surface area contributed by atoms with Gasteiger partial charge in [0.2, 0.25) is 11.6 Å². The van der Waals surface area contributed by atoms with Gasteiger partial charge in [0.15, 0.2) is 34.4 Å². The lowest BCUT2D eigenvalue weighted by atomic mass is 9.99. The average Bonchev–Trinajstić information content (AvgIpc) is 3.46. The maximum Gasteiger partial charge on any atom is 0.231 e. The van der Waals surface area contributed by atoms with Crippen LogP contribution in [0.2, 0.25) is 5.02 Å². The molecule has 0 aliphatic rings. The summed E-state index contributed by atoms with van der Waals surface area (Å²) in [6.45, 7) is 0.330. The van der Waals surface area contributed by atoms with Crippen LogP contribution in [-0.4, -0.2) is 39.2 Å². The summed E-state index contributed by atoms with van der Waals surface area (Å²) < 4.78 is 34.0. The maximum absolute atomic E-state index is 14.1. The molecule has 9 heteroatoms. The van der Waals surface area contributed by atoms with Crippen LogP contribution in [0.25, 0.3) is 22.7 Å². The lowest BCUT2D eigenvalue weighted by Gasteiger charge is -2.14. The monoisotopic (exact) mass is 585 g/mol. The van der Waals surface area contributed by atoms with Gasteiger partial charge < -0.3 is 28.1 Å². The van der Waals surface area contributed by atoms with E-state index in [-0.39, 0.29) is 17.2 Å². The fourth-order valence-corrected chi connectivity index (χ4v) is 4.51. The molecular weight excluding hydrogens is 558 g/mol. The summed E-state index contributed by atoms with van der Waals surface area (Å²) in [6.07, 6.45) is 1.70. The molecule has 0 saturated carbocycles. The Morgan fingerprint density at radius 3 is 2.14 bits per heavy atom. The van der Waals surface area contributed by atoms with E-state index in [2.05, 4.69) is 4.98 Å². The van der Waals surface area contributed by atoms with E-state index in [1.807, 2.05) is 48.5 Å². The Balaban J connectivity index is 1.55. The van der Waals surface area contributed by atoms with Crippen molar-refractivity contribution in [1.29, 1.82) is 0 Å². The third-order valence-electron chi connectivity index (χ3n) is 6.50. The summed E-state index contributed by atoms with van der Waals surface area (Å²) in [5.41, 5.74) is 3.33. The van der Waals surface area contributed by atoms with Crippen LogP contribution in [0, 0.1) is 0 Å². The summed E-state index contributed by atoms with van der Waals surface area (Å²) in [5, 5.41) is 0.656. The van der Waals surface area contributed by atoms with Crippen molar-refractivity contribution in [3.63, 3.8) is 0 Å². The molecule has 0 saturated heterocycles. The number of benzene rings is 4. The van der Waals surface area contributed by atoms with Crippen molar-refractivity contribution in [2.24, 2.45) is 0 Å². The lowest BCUT2D eigenvalue weighted by Crippen LogP contribution is -2.06. The van der Waals surface area contributed by atoms with Gasteiger partial charge in [-0.05, 0) is 65.7 Å². The van der Waals surface area contributed by atoms with E-state index in [9.17, 15) is 4.79 Å². The highest BCUT2D eigenvalue weighted by molar-refractivity contribution is 6.32. The summed E-state index contributed by atoms with van der Waals surface area (Å²) in [6, 6.07) is 23.3. The van der Waals surface area contributed by atoms with Crippen molar-refractivity contribution in [2.75, 3.05) is 28.4 Å². The number of carbonyl (C=O) groups excluding carboxylic acids is 1. The van der Waals surface area contributed by atoms with Gasteiger partial charge >= 0.3 is 0 Å². The zero-order valence-electron chi connectivity index (χ0n) is 23.5. The number of ketones is 1. The molecule has 0 aliphatic carbocycles. The molecular formula is C33H28ClNO7. The minimum absolute atomic E-state index is 0.164. The second kappa shape index (κ2) is 12.7. The number of hydrogen-bond acceptors (Lipinski definition) is 8. The van der Waals surface area contributed by atoms with Crippen LogP contribution < -0.4 is 23.7 Å². The maximum atomic E-state index is 14.1. The highest BCUT2D eigenvalue weighted by Gasteiger charge is 2.24. The number of para-hydroxylation sites is 2. The van der Waals surface area contributed by atoms with Crippen LogP contribution in [0.4, 0.5) is 0 Å². The number of Topliss-reactive ketones (excluding diaryl/α,β-unsaturated/α-hetero) is 1. The van der Waals surface area contributed by atoms with E-state index >= 15 is 0 Å². The number of methoxy groups -OCH3 is 4. The Morgan fingerprint density at radius 1 is 0.810 bits per heavy atom. The number of oxazole rings is 1. The van der Waals surface area contributed by atoms with Gasteiger partial charge in [0.1, 0.15) is 12.1 Å². The Kier molecular flexibility index (Phi) is 8.64. The van der Waals surface area contributed by atoms with Crippen LogP contribution >= 0.6 is 11.6 Å². The van der Waals surface area contributed by atoms with Crippen molar-refractivity contribution < 1.29 is 32.9 Å². The molecule has 0 bridgehead atoms. The van der Waals surface area contributed by atoms with Crippen LogP contribution in [0.1, 0.15) is 27.4 Å². The molecule has 0 fully saturated rings. The number of allylic oxidation sites excluding steroid dienone is 1. The van der Waals surface area contributed by atoms with Crippen LogP contribution in [0.15, 0.2) is 83.3 Å². The van der Waals surface area contributed by atoms with Crippen molar-refractivity contribution in [1.82, 2.24) is 4.98 Å². The summed E-state index contributed by atoms with van der Waals surface area (Å²) >= 11 is 5.99. The quantitative estimate of drug-likeness (QED) is 0.116. The Bertz CT molecular complexity index is 1700. The predicted molar refractivity (Wildman–Crippen MR) is 161 cm³/mol. The normalized spacial score (nSPS) is 11.3. The highest BCUT2D eigenvalue weighted by Crippen LogP contribution is 2.40. The number of fused-ring (bicyclic) bond motifs is 1. The Hall–Kier alpha value is -4.95. The van der Waals surface area contributed by atoms with Gasteiger partial charge in [-0.3, -0.25) is 4.79 Å². The smallest absolute Gasteiger partial charge is 0.231 e. The first-order valence-corrected chi connectivity index (χ1v) is 13.3. The molecule has 5 rings (SSSR count). The van der Waals surface area contributed by atoms with Gasteiger partial charge in [0.25, 0.3) is 0 Å². The van der Waals surface area contributed by atoms with Gasteiger partial charge in [0, 0.05) is 10.6 Å². The third-order valence-corrected chi connectivity index (χ3v) is 6.75. The molecule has 5 aromatic rings. The minimum atomic E-state index is -0.358. The van der Waals surface area contributed by atoms with Gasteiger partial charge in [-0.2, -0.15) is 0 Å². The fraction of sp³-hybridized carbons (Fsp3) is 0.152. The van der Waals surface area contributed by atoms with Gasteiger partial charge in [-0.15, -0.1) is 0 Å². The number of hydrogen-bond donors (Lipinski definition) is 0. The van der Waals surface area contributed by atoms with Gasteiger partial charge in [-0.25, -0.2) is 4.98 Å². The van der Waals surface area contributed by atoms with E-state index in [0.29, 0.717) is 62.6 Å². The molecule has 8 nitrogen and oxygen atoms in total. The van der Waals surface area contributed by atoms with Crippen molar-refractivity contribution >= 4 is 40.1 Å². The number of aromatic nitrogens is 1. The SMILES string of the molecule is COc1cc(/C=C(/C(=O)c2cc(OC)c(OC)c(OC)c2)c2nc3ccccc3o2)ccc1OCc1ccc(Cl)cc1. The third kappa shape index (κ3) is 6.04. The number of nitrogens with zero attached hydrogens (tertiary/aromatic N) is 1. The fourth-order valence-electron chi connectivity index (χ4n) is 4.38. The second-order valence-corrected chi connectivity index (χ2v) is 9.55. The summed E-state index contributed by atoms with van der Waals surface area (Å²) in [7, 11) is 6.04. The molecule has 0 unspecified atom stereocenters. The first-order valence-electron chi connectivity index (χ1n) is 12.9. The number of carbonyl (C=O) groups is 1. The van der Waals surface area contributed by atoms with Crippen LogP contribution in [-0.2, 0) is 6.61 Å². The first-order chi connectivity index (χ1) is 20.4. The molecule has 42 heavy (non-hydrogen) atoms. The molecule has 0 N–H and O–H groups in total. The number of rotatable bonds is 11. The van der Waals surface area contributed by atoms with Crippen LogP contribution in [0.3, 0.4) is 0 Å². The largest absolute Gasteiger partial charge is 0.493 e. The van der Waals surface area contributed by atoms with E-state index in [4.69, 9.17) is 39.7 Å². The van der Waals surface area contributed by atoms with E-state index < -0.39 is 0 Å². The zero-order chi connectivity index (χ0) is 29.6. The lowest BCUT2D eigenvalue weighted by molar-refractivity contribution is 0.105. The number of halogens is 1. The molecule has 0 spiro atoms. The van der Waals surface area contributed by atoms with E-state index in [0.717, 1.165) is 5.56 Å². The highest BCUT2D eigenvalue weighted by atomic mass is 35.5. The second-order valence-electron chi connectivity index (χ2n) is 9.11. The minimum Gasteiger partial charge on any atom is -0.493 e. The van der Waals surface area contributed by atoms with E-state index in [1.165, 1.54) is 21.3 Å². The van der Waals surface area contributed by atoms with Gasteiger partial charge in [-0.1, -0.05) is 41.9 Å². The van der Waals surface area contributed by atoms with E-state index in [1.54, 1.807) is 43.5 Å². The van der Waals surface area contributed by atoms with Crippen LogP contribution in [0.5, 0.6) is 28.7 Å². The predicted octanol–water partition coefficient (Wildman–Crippen LogP) is 7.52. The standard InChI is InChI=1S/C33H28ClNO7/c1-37-28-16-21(11-14-27(28)41-19-20-9-12-23(34)13-10-20)15-24(33-35-25-7-5-6-8-26(25)42-33)31(36)22-17-29(38-2)32(40-4)30(18-22)39-3/h5-18H,19H2,1-4H3/b24-15-. The molecule has 1 heterocycles. The van der Waals surface area contributed by atoms with Crippen molar-refractivity contribution in [3.05, 3.63) is 106 Å². The molecule has 0 aliphatic heterocycles. The van der Waals surface area contributed by atoms with Crippen molar-refractivity contribution in [2.45, 2.75) is 6.61 Å². The topological polar surface area (TPSA) is 89.3 Å². The Labute approximate surface area is 248 Å². The molecule has 0 atom stereocenters. The average molecular weight is 586 g/mol. The summed E-state index contributed by atoms with van der Waals surface area (Å²) in [5.74, 6) is 1.92. The van der Waals surface area contributed by atoms with Crippen molar-refractivity contribution in [3.8, 4) is 28.7 Å². The molecule has 0 amide bonds. The molecule has 0 radical (unpaired) electrons. The zero-order valence-corrected chi connectivity index (χ0v) is 24.2. The molecule has 4 aromatic carbocycles. The number of ether oxygens (including phenoxy) is 5. The van der Waals surface area contributed by atoms with Gasteiger partial charge in [0.05, 0.1) is 34.0 Å². The summed E-state index contributed by atoms with van der Waals surface area (Å²) in [4.78, 5) is 18.7. The molecule has 214 valence electrons. The molecule has 1 aromatic heterocycles.